The van der Waals surface area contributed by atoms with Crippen LogP contribution in [0.3, 0.4) is 0 Å². The fraction of sp³-hybridized carbons (Fsp3) is 0. The van der Waals surface area contributed by atoms with Crippen LogP contribution in [-0.4, -0.2) is 149 Å². The Bertz CT molecular complexity index is 3140. The molecule has 0 N–H and O–H groups in total. The van der Waals surface area contributed by atoms with Gasteiger partial charge in [-0.05, 0) is 82.5 Å². The van der Waals surface area contributed by atoms with E-state index in [1.54, 1.807) is 0 Å². The van der Waals surface area contributed by atoms with Crippen LogP contribution in [0.2, 0.25) is 0 Å². The highest BCUT2D eigenvalue weighted by Crippen LogP contribution is 2.40. The molecule has 0 nitrogen and oxygen atoms in total. The molecule has 0 spiro atoms. The predicted octanol–water partition coefficient (Wildman–Crippen LogP) is -21.8. The summed E-state index contributed by atoms with van der Waals surface area (Å²) >= 11 is 0. The molecular formula is C40H45B19. The van der Waals surface area contributed by atoms with E-state index in [0.29, 0.717) is 0 Å². The molecule has 19 heteroatoms. The molecule has 262 valence electrons. The summed E-state index contributed by atoms with van der Waals surface area (Å²) in [4.78, 5) is 0. The van der Waals surface area contributed by atoms with E-state index in [1.807, 2.05) is 0 Å². The van der Waals surface area contributed by atoms with Crippen LogP contribution in [0.4, 0.5) is 0 Å². The molecule has 0 saturated carbocycles. The Morgan fingerprint density at radius 2 is 0.492 bits per heavy atom. The molecule has 0 fully saturated rings. The Morgan fingerprint density at radius 1 is 0.203 bits per heavy atom. The van der Waals surface area contributed by atoms with E-state index < -0.39 is 0 Å². The van der Waals surface area contributed by atoms with Gasteiger partial charge in [-0.2, -0.15) is 0 Å². The van der Waals surface area contributed by atoms with E-state index in [2.05, 4.69) is 192 Å². The summed E-state index contributed by atoms with van der Waals surface area (Å²) in [6, 6.07) is 15.8. The van der Waals surface area contributed by atoms with Crippen LogP contribution in [0, 0.1) is 0 Å². The first-order valence-electron chi connectivity index (χ1n) is 21.8. The number of rotatable bonds is 3. The SMILES string of the molecule is Bc1c(B)c(-c2c3c(B)c(B)c(B)c(B)c3c(-c3c(B)c(B)c(B)c4c(B)c(B)c(B)c(B)c34)c3c(B)c(B)c(B)c(B)c23)c(B)c(B)c1-c1ccc2ccccc2c1. The van der Waals surface area contributed by atoms with E-state index in [-0.39, 0.29) is 0 Å². The number of hydrogen-bond donors (Lipinski definition) is 0. The van der Waals surface area contributed by atoms with Crippen LogP contribution in [0.25, 0.3) is 76.5 Å². The molecule has 0 radical (unpaired) electrons. The van der Waals surface area contributed by atoms with Gasteiger partial charge in [-0.25, -0.2) is 0 Å². The third-order valence-corrected chi connectivity index (χ3v) is 16.4. The van der Waals surface area contributed by atoms with Crippen molar-refractivity contribution in [3.8, 4) is 33.4 Å². The van der Waals surface area contributed by atoms with Crippen LogP contribution in [-0.2, 0) is 0 Å². The first kappa shape index (κ1) is 41.8. The van der Waals surface area contributed by atoms with Crippen LogP contribution < -0.4 is 104 Å². The minimum atomic E-state index is 1.28. The zero-order valence-corrected chi connectivity index (χ0v) is 39.5. The Morgan fingerprint density at radius 3 is 0.898 bits per heavy atom. The van der Waals surface area contributed by atoms with Crippen LogP contribution in [0.15, 0.2) is 42.5 Å². The van der Waals surface area contributed by atoms with E-state index in [4.69, 9.17) is 0 Å². The molecule has 0 heterocycles. The zero-order valence-electron chi connectivity index (χ0n) is 39.5. The Labute approximate surface area is 369 Å². The number of fused-ring (bicyclic) bond motifs is 4. The Balaban J connectivity index is 1.69. The molecule has 0 aliphatic carbocycles. The van der Waals surface area contributed by atoms with E-state index in [1.165, 1.54) is 180 Å². The molecule has 8 aromatic carbocycles. The average Bonchev–Trinajstić information content (AvgIpc) is 3.22. The fourth-order valence-corrected chi connectivity index (χ4v) is 11.3. The Kier molecular flexibility index (Phi) is 10.3. The van der Waals surface area contributed by atoms with Gasteiger partial charge < -0.3 is 0 Å². The van der Waals surface area contributed by atoms with Gasteiger partial charge in [-0.15, -0.1) is 38.2 Å². The maximum absolute atomic E-state index is 2.41. The van der Waals surface area contributed by atoms with E-state index in [9.17, 15) is 0 Å². The third-order valence-electron chi connectivity index (χ3n) is 16.4. The van der Waals surface area contributed by atoms with E-state index >= 15 is 0 Å². The van der Waals surface area contributed by atoms with Crippen LogP contribution in [0.5, 0.6) is 0 Å². The van der Waals surface area contributed by atoms with Crippen LogP contribution in [0.1, 0.15) is 0 Å². The van der Waals surface area contributed by atoms with Crippen molar-refractivity contribution in [1.82, 2.24) is 0 Å². The molecule has 0 aromatic heterocycles. The number of benzene rings is 8. The minimum absolute atomic E-state index is 1.28. The zero-order chi connectivity index (χ0) is 43.0. The second-order valence-corrected chi connectivity index (χ2v) is 18.6. The van der Waals surface area contributed by atoms with Crippen molar-refractivity contribution in [2.45, 2.75) is 0 Å². The topological polar surface area (TPSA) is 0 Å². The van der Waals surface area contributed by atoms with Gasteiger partial charge in [0.2, 0.25) is 0 Å². The standard InChI is InChI=1S/C40H45B19/c41-22-11(10-6-5-8-3-1-2-4-9(8)7-10)23(42)31(50)20(30(22)49)13-17-14(25(44)35(54)37(56)27(17)46)12(15-18(13)28(47)38(57)36(55)26(15)45)16-19-21(32(51)34(53)24(16)43)33(52)40(59)39(58)29(19)48/h1-7H,41-59H2. The highest BCUT2D eigenvalue weighted by Gasteiger charge is 2.30. The molecule has 0 saturated heterocycles. The van der Waals surface area contributed by atoms with Crippen molar-refractivity contribution in [2.75, 3.05) is 0 Å². The summed E-state index contributed by atoms with van der Waals surface area (Å²) in [6.07, 6.45) is 0. The lowest BCUT2D eigenvalue weighted by molar-refractivity contribution is 1.72. The molecule has 0 aliphatic heterocycles. The van der Waals surface area contributed by atoms with Gasteiger partial charge in [0.1, 0.15) is 149 Å². The third kappa shape index (κ3) is 5.71. The van der Waals surface area contributed by atoms with Gasteiger partial charge in [0.05, 0.1) is 0 Å². The molecular weight excluding hydrogens is 686 g/mol. The molecule has 0 atom stereocenters. The molecule has 0 bridgehead atoms. The lowest BCUT2D eigenvalue weighted by atomic mass is 9.55. The quantitative estimate of drug-likeness (QED) is 0.125. The van der Waals surface area contributed by atoms with Gasteiger partial charge in [0.15, 0.2) is 0 Å². The van der Waals surface area contributed by atoms with Gasteiger partial charge in [-0.3, -0.25) is 0 Å². The average molecular weight is 731 g/mol. The first-order valence-corrected chi connectivity index (χ1v) is 21.8. The van der Waals surface area contributed by atoms with Crippen molar-refractivity contribution < 1.29 is 0 Å². The van der Waals surface area contributed by atoms with Crippen molar-refractivity contribution in [3.63, 3.8) is 0 Å². The predicted molar refractivity (Wildman–Crippen MR) is 328 cm³/mol. The fourth-order valence-electron chi connectivity index (χ4n) is 11.3. The summed E-state index contributed by atoms with van der Waals surface area (Å²) in [5.41, 5.74) is 34.9. The second kappa shape index (κ2) is 14.6. The maximum Gasteiger partial charge on any atom is 0.139 e. The first-order chi connectivity index (χ1) is 27.8. The molecule has 8 aromatic rings. The molecule has 0 aliphatic rings. The largest absolute Gasteiger partial charge is 0.139 e. The highest BCUT2D eigenvalue weighted by atomic mass is 14.3. The van der Waals surface area contributed by atoms with Crippen molar-refractivity contribution in [1.29, 1.82) is 0 Å². The lowest BCUT2D eigenvalue weighted by Gasteiger charge is -2.32. The van der Waals surface area contributed by atoms with Crippen LogP contribution >= 0.6 is 0 Å². The minimum Gasteiger partial charge on any atom is -0.101 e. The summed E-state index contributed by atoms with van der Waals surface area (Å²) in [7, 11) is 45.2. The van der Waals surface area contributed by atoms with Gasteiger partial charge >= 0.3 is 0 Å². The summed E-state index contributed by atoms with van der Waals surface area (Å²) in [5, 5.41) is 11.1. The smallest absolute Gasteiger partial charge is 0.101 e. The highest BCUT2D eigenvalue weighted by molar-refractivity contribution is 6.75. The van der Waals surface area contributed by atoms with Gasteiger partial charge in [0, 0.05) is 0 Å². The summed E-state index contributed by atoms with van der Waals surface area (Å²) < 4.78 is 0. The Hall–Kier alpha value is -3.97. The monoisotopic (exact) mass is 735 g/mol. The molecule has 59 heavy (non-hydrogen) atoms. The van der Waals surface area contributed by atoms with Crippen molar-refractivity contribution >= 4 is 296 Å². The van der Waals surface area contributed by atoms with Gasteiger partial charge in [0.25, 0.3) is 0 Å². The van der Waals surface area contributed by atoms with Crippen molar-refractivity contribution in [2.24, 2.45) is 0 Å². The van der Waals surface area contributed by atoms with Gasteiger partial charge in [-0.1, -0.05) is 102 Å². The van der Waals surface area contributed by atoms with E-state index in [0.717, 1.165) is 0 Å². The molecule has 0 unspecified atom stereocenters. The van der Waals surface area contributed by atoms with Crippen molar-refractivity contribution in [3.05, 3.63) is 42.5 Å². The molecule has 0 amide bonds. The maximum atomic E-state index is 2.41. The summed E-state index contributed by atoms with van der Waals surface area (Å²) in [5.74, 6) is 0. The number of hydrogen-bond acceptors (Lipinski definition) is 0. The second-order valence-electron chi connectivity index (χ2n) is 18.6. The normalized spacial score (nSPS) is 11.7. The molecule has 8 rings (SSSR count). The lowest BCUT2D eigenvalue weighted by Crippen LogP contribution is -2.53. The summed E-state index contributed by atoms with van der Waals surface area (Å²) in [6.45, 7) is 0.